The lowest BCUT2D eigenvalue weighted by Gasteiger charge is -2.10. The van der Waals surface area contributed by atoms with Crippen LogP contribution in [0.4, 0.5) is 10.1 Å². The van der Waals surface area contributed by atoms with Gasteiger partial charge in [0, 0.05) is 41.4 Å². The monoisotopic (exact) mass is 485 g/mol. The van der Waals surface area contributed by atoms with E-state index in [4.69, 9.17) is 5.26 Å². The van der Waals surface area contributed by atoms with Gasteiger partial charge in [-0.15, -0.1) is 0 Å². The third-order valence-corrected chi connectivity index (χ3v) is 5.99. The van der Waals surface area contributed by atoms with Crippen molar-refractivity contribution in [2.75, 3.05) is 11.1 Å². The Hall–Kier alpha value is -4.42. The van der Waals surface area contributed by atoms with Gasteiger partial charge in [0.05, 0.1) is 17.4 Å². The Balaban J connectivity index is 1.39. The summed E-state index contributed by atoms with van der Waals surface area (Å²) < 4.78 is 15.6. The Kier molecular flexibility index (Phi) is 7.55. The number of aromatic nitrogens is 2. The second kappa shape index (κ2) is 11.1. The lowest BCUT2D eigenvalue weighted by Crippen LogP contribution is -2.23. The maximum Gasteiger partial charge on any atom is 0.251 e. The fraction of sp³-hybridized carbons (Fsp3) is 0.0769. The summed E-state index contributed by atoms with van der Waals surface area (Å²) in [5.41, 5.74) is 2.65. The van der Waals surface area contributed by atoms with E-state index in [0.717, 1.165) is 0 Å². The molecule has 7 nitrogen and oxygen atoms in total. The van der Waals surface area contributed by atoms with Crippen molar-refractivity contribution in [1.82, 2.24) is 14.9 Å². The van der Waals surface area contributed by atoms with E-state index in [1.165, 1.54) is 17.8 Å². The molecule has 9 heteroatoms. The molecule has 174 valence electrons. The first-order valence-electron chi connectivity index (χ1n) is 10.6. The van der Waals surface area contributed by atoms with Crippen molar-refractivity contribution >= 4 is 29.3 Å². The van der Waals surface area contributed by atoms with E-state index >= 15 is 0 Å². The first-order chi connectivity index (χ1) is 17.0. The number of anilines is 1. The SMILES string of the molecule is N#Cc1ccc(NC(=O)CSc2nccn2-c2cccc(C(=O)NCc3ccccc3F)c2)cc1. The molecule has 4 aromatic rings. The maximum atomic E-state index is 13.8. The zero-order valence-electron chi connectivity index (χ0n) is 18.4. The molecule has 1 heterocycles. The van der Waals surface area contributed by atoms with Crippen LogP contribution in [0.15, 0.2) is 90.3 Å². The van der Waals surface area contributed by atoms with Crippen molar-refractivity contribution in [3.8, 4) is 11.8 Å². The standard InChI is InChI=1S/C26H20FN5O2S/c27-23-7-2-1-4-20(23)16-30-25(34)19-5-3-6-22(14-19)32-13-12-29-26(32)35-17-24(33)31-21-10-8-18(15-28)9-11-21/h1-14H,16-17H2,(H,30,34)(H,31,33). The zero-order valence-corrected chi connectivity index (χ0v) is 19.3. The van der Waals surface area contributed by atoms with Crippen LogP contribution in [0, 0.1) is 17.1 Å². The van der Waals surface area contributed by atoms with Gasteiger partial charge in [-0.3, -0.25) is 14.2 Å². The molecule has 0 atom stereocenters. The number of carbonyl (C=O) groups excluding carboxylic acids is 2. The number of carbonyl (C=O) groups is 2. The smallest absolute Gasteiger partial charge is 0.251 e. The molecule has 3 aromatic carbocycles. The summed E-state index contributed by atoms with van der Waals surface area (Å²) in [6.07, 6.45) is 3.36. The Morgan fingerprint density at radius 2 is 1.86 bits per heavy atom. The van der Waals surface area contributed by atoms with Gasteiger partial charge in [0.1, 0.15) is 5.82 Å². The molecule has 0 radical (unpaired) electrons. The van der Waals surface area contributed by atoms with Gasteiger partial charge in [0.25, 0.3) is 5.91 Å². The third kappa shape index (κ3) is 6.13. The Morgan fingerprint density at radius 3 is 2.63 bits per heavy atom. The van der Waals surface area contributed by atoms with E-state index in [-0.39, 0.29) is 29.9 Å². The number of halogens is 1. The van der Waals surface area contributed by atoms with E-state index < -0.39 is 0 Å². The molecule has 0 spiro atoms. The molecule has 2 N–H and O–H groups in total. The van der Waals surface area contributed by atoms with Crippen LogP contribution in [-0.2, 0) is 11.3 Å². The first-order valence-corrected chi connectivity index (χ1v) is 11.6. The largest absolute Gasteiger partial charge is 0.348 e. The molecule has 0 unspecified atom stereocenters. The normalized spacial score (nSPS) is 10.4. The summed E-state index contributed by atoms with van der Waals surface area (Å²) in [6.45, 7) is 0.0796. The predicted molar refractivity (Wildman–Crippen MR) is 132 cm³/mol. The summed E-state index contributed by atoms with van der Waals surface area (Å²) in [6, 6.07) is 21.9. The summed E-state index contributed by atoms with van der Waals surface area (Å²) in [4.78, 5) is 29.3. The fourth-order valence-electron chi connectivity index (χ4n) is 3.26. The molecule has 0 bridgehead atoms. The zero-order chi connectivity index (χ0) is 24.6. The van der Waals surface area contributed by atoms with Crippen molar-refractivity contribution in [3.63, 3.8) is 0 Å². The first kappa shape index (κ1) is 23.7. The number of nitriles is 1. The summed E-state index contributed by atoms with van der Waals surface area (Å²) in [7, 11) is 0. The van der Waals surface area contributed by atoms with Crippen molar-refractivity contribution in [1.29, 1.82) is 5.26 Å². The van der Waals surface area contributed by atoms with Crippen LogP contribution in [0.25, 0.3) is 5.69 Å². The van der Waals surface area contributed by atoms with Crippen molar-refractivity contribution in [2.45, 2.75) is 11.7 Å². The molecule has 0 aliphatic rings. The molecule has 35 heavy (non-hydrogen) atoms. The molecule has 0 saturated carbocycles. The highest BCUT2D eigenvalue weighted by molar-refractivity contribution is 7.99. The lowest BCUT2D eigenvalue weighted by molar-refractivity contribution is -0.113. The highest BCUT2D eigenvalue weighted by atomic mass is 32.2. The number of amides is 2. The molecular weight excluding hydrogens is 465 g/mol. The molecule has 0 fully saturated rings. The van der Waals surface area contributed by atoms with E-state index in [2.05, 4.69) is 15.6 Å². The second-order valence-electron chi connectivity index (χ2n) is 7.43. The second-order valence-corrected chi connectivity index (χ2v) is 8.37. The minimum atomic E-state index is -0.371. The van der Waals surface area contributed by atoms with Gasteiger partial charge in [-0.05, 0) is 48.5 Å². The quantitative estimate of drug-likeness (QED) is 0.357. The number of hydrogen-bond donors (Lipinski definition) is 2. The number of imidazole rings is 1. The van der Waals surface area contributed by atoms with Crippen LogP contribution < -0.4 is 10.6 Å². The van der Waals surface area contributed by atoms with Crippen LogP contribution in [-0.4, -0.2) is 27.1 Å². The molecule has 0 aliphatic heterocycles. The highest BCUT2D eigenvalue weighted by Gasteiger charge is 2.12. The number of nitrogens with one attached hydrogen (secondary N) is 2. The Morgan fingerprint density at radius 1 is 1.06 bits per heavy atom. The van der Waals surface area contributed by atoms with E-state index in [1.807, 2.05) is 12.1 Å². The summed E-state index contributed by atoms with van der Waals surface area (Å²) in [5.74, 6) is -0.786. The highest BCUT2D eigenvalue weighted by Crippen LogP contribution is 2.22. The van der Waals surface area contributed by atoms with Gasteiger partial charge < -0.3 is 10.6 Å². The van der Waals surface area contributed by atoms with Crippen molar-refractivity contribution < 1.29 is 14.0 Å². The number of nitrogens with zero attached hydrogens (tertiary/aromatic N) is 3. The van der Waals surface area contributed by atoms with Gasteiger partial charge in [-0.2, -0.15) is 5.26 Å². The van der Waals surface area contributed by atoms with Crippen molar-refractivity contribution in [3.05, 3.63) is 108 Å². The van der Waals surface area contributed by atoms with Gasteiger partial charge in [0.15, 0.2) is 5.16 Å². The molecular formula is C26H20FN5O2S. The Bertz CT molecular complexity index is 1400. The molecule has 0 saturated heterocycles. The minimum absolute atomic E-state index is 0.0796. The van der Waals surface area contributed by atoms with Crippen LogP contribution in [0.3, 0.4) is 0 Å². The molecule has 0 aliphatic carbocycles. The maximum absolute atomic E-state index is 13.8. The van der Waals surface area contributed by atoms with Crippen LogP contribution in [0.2, 0.25) is 0 Å². The third-order valence-electron chi connectivity index (χ3n) is 5.02. The van der Waals surface area contributed by atoms with E-state index in [1.54, 1.807) is 77.6 Å². The molecule has 1 aromatic heterocycles. The number of rotatable bonds is 8. The number of thioether (sulfide) groups is 1. The number of hydrogen-bond acceptors (Lipinski definition) is 5. The van der Waals surface area contributed by atoms with Crippen LogP contribution in [0.1, 0.15) is 21.5 Å². The topological polar surface area (TPSA) is 99.8 Å². The average molecular weight is 486 g/mol. The molecule has 2 amide bonds. The fourth-order valence-corrected chi connectivity index (χ4v) is 4.04. The summed E-state index contributed by atoms with van der Waals surface area (Å²) in [5, 5.41) is 15.0. The van der Waals surface area contributed by atoms with Crippen LogP contribution >= 0.6 is 11.8 Å². The van der Waals surface area contributed by atoms with Crippen LogP contribution in [0.5, 0.6) is 0 Å². The van der Waals surface area contributed by atoms with Gasteiger partial charge in [-0.1, -0.05) is 36.0 Å². The van der Waals surface area contributed by atoms with Gasteiger partial charge in [-0.25, -0.2) is 9.37 Å². The van der Waals surface area contributed by atoms with E-state index in [0.29, 0.717) is 33.2 Å². The Labute approximate surface area is 205 Å². The van der Waals surface area contributed by atoms with Crippen molar-refractivity contribution in [2.24, 2.45) is 0 Å². The van der Waals surface area contributed by atoms with Gasteiger partial charge in [0.2, 0.25) is 5.91 Å². The summed E-state index contributed by atoms with van der Waals surface area (Å²) >= 11 is 1.25. The average Bonchev–Trinajstić information content (AvgIpc) is 3.36. The predicted octanol–water partition coefficient (Wildman–Crippen LogP) is 4.54. The lowest BCUT2D eigenvalue weighted by atomic mass is 10.1. The minimum Gasteiger partial charge on any atom is -0.348 e. The molecule has 4 rings (SSSR count). The van der Waals surface area contributed by atoms with E-state index in [9.17, 15) is 14.0 Å². The number of benzene rings is 3. The van der Waals surface area contributed by atoms with Gasteiger partial charge >= 0.3 is 0 Å².